The normalized spacial score (nSPS) is 13.7. The van der Waals surface area contributed by atoms with Gasteiger partial charge in [0.2, 0.25) is 10.0 Å². The molecule has 24 heavy (non-hydrogen) atoms. The van der Waals surface area contributed by atoms with E-state index in [0.717, 1.165) is 5.56 Å². The lowest BCUT2D eigenvalue weighted by Crippen LogP contribution is -2.27. The summed E-state index contributed by atoms with van der Waals surface area (Å²) in [5.41, 5.74) is 2.45. The van der Waals surface area contributed by atoms with Crippen molar-refractivity contribution in [2.75, 3.05) is 22.4 Å². The smallest absolute Gasteiger partial charge is 0.255 e. The molecule has 0 spiro atoms. The molecule has 0 unspecified atom stereocenters. The van der Waals surface area contributed by atoms with Gasteiger partial charge in [-0.1, -0.05) is 23.2 Å². The highest BCUT2D eigenvalue weighted by Gasteiger charge is 2.26. The number of hydrogen-bond donors (Lipinski definition) is 1. The number of benzene rings is 2. The number of rotatable bonds is 3. The number of halogens is 2. The molecule has 0 radical (unpaired) electrons. The molecule has 1 heterocycles. The Kier molecular flexibility index (Phi) is 4.46. The van der Waals surface area contributed by atoms with Gasteiger partial charge in [0.15, 0.2) is 0 Å². The van der Waals surface area contributed by atoms with E-state index in [2.05, 4.69) is 5.32 Å². The van der Waals surface area contributed by atoms with Crippen molar-refractivity contribution >= 4 is 50.5 Å². The number of fused-ring (bicyclic) bond motifs is 1. The van der Waals surface area contributed by atoms with Crippen LogP contribution in [0.4, 0.5) is 11.4 Å². The standard InChI is InChI=1S/C16H14Cl2N2O3S/c1-24(22,23)20-7-6-10-8-11(2-5-15(10)20)16(21)19-12-3-4-13(17)14(18)9-12/h2-5,8-9H,6-7H2,1H3,(H,19,21). The number of nitrogens with one attached hydrogen (secondary N) is 1. The van der Waals surface area contributed by atoms with Gasteiger partial charge < -0.3 is 5.32 Å². The summed E-state index contributed by atoms with van der Waals surface area (Å²) in [6.45, 7) is 0.395. The van der Waals surface area contributed by atoms with Crippen molar-refractivity contribution in [1.82, 2.24) is 0 Å². The van der Waals surface area contributed by atoms with Crippen LogP contribution in [0.2, 0.25) is 10.0 Å². The van der Waals surface area contributed by atoms with Gasteiger partial charge in [0, 0.05) is 17.8 Å². The van der Waals surface area contributed by atoms with Crippen LogP contribution in [0.15, 0.2) is 36.4 Å². The molecule has 0 bridgehead atoms. The van der Waals surface area contributed by atoms with Gasteiger partial charge >= 0.3 is 0 Å². The quantitative estimate of drug-likeness (QED) is 0.879. The van der Waals surface area contributed by atoms with Crippen LogP contribution in [0.5, 0.6) is 0 Å². The topological polar surface area (TPSA) is 66.5 Å². The first kappa shape index (κ1) is 17.1. The fourth-order valence-corrected chi connectivity index (χ4v) is 3.89. The van der Waals surface area contributed by atoms with Crippen molar-refractivity contribution in [1.29, 1.82) is 0 Å². The van der Waals surface area contributed by atoms with E-state index in [-0.39, 0.29) is 5.91 Å². The molecule has 2 aromatic rings. The van der Waals surface area contributed by atoms with E-state index in [4.69, 9.17) is 23.2 Å². The van der Waals surface area contributed by atoms with E-state index >= 15 is 0 Å². The maximum absolute atomic E-state index is 12.4. The van der Waals surface area contributed by atoms with E-state index in [1.165, 1.54) is 10.6 Å². The summed E-state index contributed by atoms with van der Waals surface area (Å²) in [5.74, 6) is -0.297. The number of anilines is 2. The number of carbonyl (C=O) groups is 1. The molecular formula is C16H14Cl2N2O3S. The molecule has 5 nitrogen and oxygen atoms in total. The van der Waals surface area contributed by atoms with Crippen LogP contribution < -0.4 is 9.62 Å². The molecule has 0 aliphatic carbocycles. The zero-order chi connectivity index (χ0) is 17.5. The second kappa shape index (κ2) is 6.27. The highest BCUT2D eigenvalue weighted by Crippen LogP contribution is 2.31. The van der Waals surface area contributed by atoms with Crippen molar-refractivity contribution in [2.24, 2.45) is 0 Å². The maximum atomic E-state index is 12.4. The summed E-state index contributed by atoms with van der Waals surface area (Å²) in [5, 5.41) is 3.51. The van der Waals surface area contributed by atoms with Gasteiger partial charge in [0.1, 0.15) is 0 Å². The van der Waals surface area contributed by atoms with Crippen LogP contribution in [0.1, 0.15) is 15.9 Å². The third kappa shape index (κ3) is 3.36. The van der Waals surface area contributed by atoms with Crippen LogP contribution >= 0.6 is 23.2 Å². The molecule has 3 rings (SSSR count). The second-order valence-electron chi connectivity index (χ2n) is 5.51. The number of carbonyl (C=O) groups excluding carboxylic acids is 1. The van der Waals surface area contributed by atoms with Crippen LogP contribution in [0.3, 0.4) is 0 Å². The third-order valence-electron chi connectivity index (χ3n) is 3.77. The lowest BCUT2D eigenvalue weighted by atomic mass is 10.1. The molecule has 2 aromatic carbocycles. The molecule has 8 heteroatoms. The van der Waals surface area contributed by atoms with E-state index in [1.54, 1.807) is 36.4 Å². The van der Waals surface area contributed by atoms with E-state index in [0.29, 0.717) is 39.9 Å². The Hall–Kier alpha value is -1.76. The number of nitrogens with zero attached hydrogens (tertiary/aromatic N) is 1. The van der Waals surface area contributed by atoms with Crippen LogP contribution in [0, 0.1) is 0 Å². The Morgan fingerprint density at radius 3 is 2.54 bits per heavy atom. The van der Waals surface area contributed by atoms with Crippen LogP contribution in [-0.2, 0) is 16.4 Å². The van der Waals surface area contributed by atoms with Crippen molar-refractivity contribution in [3.63, 3.8) is 0 Å². The first-order valence-corrected chi connectivity index (χ1v) is 9.73. The van der Waals surface area contributed by atoms with Crippen molar-refractivity contribution in [2.45, 2.75) is 6.42 Å². The SMILES string of the molecule is CS(=O)(=O)N1CCc2cc(C(=O)Nc3ccc(Cl)c(Cl)c3)ccc21. The molecule has 126 valence electrons. The predicted octanol–water partition coefficient (Wildman–Crippen LogP) is 3.57. The minimum absolute atomic E-state index is 0.297. The Morgan fingerprint density at radius 2 is 1.88 bits per heavy atom. The van der Waals surface area contributed by atoms with Crippen LogP contribution in [-0.4, -0.2) is 27.1 Å². The summed E-state index contributed by atoms with van der Waals surface area (Å²) in [6, 6.07) is 9.81. The molecule has 0 atom stereocenters. The van der Waals surface area contributed by atoms with Gasteiger partial charge in [-0.25, -0.2) is 8.42 Å². The lowest BCUT2D eigenvalue weighted by molar-refractivity contribution is 0.102. The number of amides is 1. The molecule has 1 aliphatic heterocycles. The maximum Gasteiger partial charge on any atom is 0.255 e. The summed E-state index contributed by atoms with van der Waals surface area (Å²) in [4.78, 5) is 12.4. The molecule has 0 aromatic heterocycles. The fraction of sp³-hybridized carbons (Fsp3) is 0.188. The average Bonchev–Trinajstić information content (AvgIpc) is 2.94. The van der Waals surface area contributed by atoms with Crippen LogP contribution in [0.25, 0.3) is 0 Å². The molecular weight excluding hydrogens is 371 g/mol. The minimum Gasteiger partial charge on any atom is -0.322 e. The largest absolute Gasteiger partial charge is 0.322 e. The summed E-state index contributed by atoms with van der Waals surface area (Å²) in [7, 11) is -3.30. The van der Waals surface area contributed by atoms with Crippen molar-refractivity contribution in [3.8, 4) is 0 Å². The number of sulfonamides is 1. The molecule has 1 amide bonds. The Morgan fingerprint density at radius 1 is 1.12 bits per heavy atom. The molecule has 0 saturated heterocycles. The number of hydrogen-bond acceptors (Lipinski definition) is 3. The van der Waals surface area contributed by atoms with Gasteiger partial charge in [-0.05, 0) is 48.4 Å². The molecule has 1 N–H and O–H groups in total. The summed E-state index contributed by atoms with van der Waals surface area (Å²) >= 11 is 11.8. The highest BCUT2D eigenvalue weighted by atomic mass is 35.5. The Bertz CT molecular complexity index is 929. The molecule has 1 aliphatic rings. The third-order valence-corrected chi connectivity index (χ3v) is 5.69. The first-order valence-electron chi connectivity index (χ1n) is 7.13. The highest BCUT2D eigenvalue weighted by molar-refractivity contribution is 7.92. The summed E-state index contributed by atoms with van der Waals surface area (Å²) in [6.07, 6.45) is 1.75. The molecule has 0 saturated carbocycles. The Labute approximate surface area is 150 Å². The van der Waals surface area contributed by atoms with Crippen molar-refractivity contribution in [3.05, 3.63) is 57.6 Å². The van der Waals surface area contributed by atoms with Gasteiger partial charge in [-0.3, -0.25) is 9.10 Å². The molecule has 0 fully saturated rings. The monoisotopic (exact) mass is 384 g/mol. The van der Waals surface area contributed by atoms with Gasteiger partial charge in [0.05, 0.1) is 22.0 Å². The first-order chi connectivity index (χ1) is 11.3. The summed E-state index contributed by atoms with van der Waals surface area (Å²) < 4.78 is 24.8. The minimum atomic E-state index is -3.30. The van der Waals surface area contributed by atoms with Crippen molar-refractivity contribution < 1.29 is 13.2 Å². The average molecular weight is 385 g/mol. The van der Waals surface area contributed by atoms with Gasteiger partial charge in [-0.15, -0.1) is 0 Å². The zero-order valence-electron chi connectivity index (χ0n) is 12.7. The predicted molar refractivity (Wildman–Crippen MR) is 96.8 cm³/mol. The van der Waals surface area contributed by atoms with E-state index < -0.39 is 10.0 Å². The Balaban J connectivity index is 1.83. The lowest BCUT2D eigenvalue weighted by Gasteiger charge is -2.16. The van der Waals surface area contributed by atoms with E-state index in [1.807, 2.05) is 0 Å². The van der Waals surface area contributed by atoms with E-state index in [9.17, 15) is 13.2 Å². The zero-order valence-corrected chi connectivity index (χ0v) is 15.0. The fourth-order valence-electron chi connectivity index (χ4n) is 2.63. The second-order valence-corrected chi connectivity index (χ2v) is 8.23. The van der Waals surface area contributed by atoms with Gasteiger partial charge in [0.25, 0.3) is 5.91 Å². The van der Waals surface area contributed by atoms with Gasteiger partial charge in [-0.2, -0.15) is 0 Å².